The molecule has 1 aliphatic carbocycles. The first-order chi connectivity index (χ1) is 14.7. The molecule has 0 radical (unpaired) electrons. The molecular weight excluding hydrogens is 406 g/mol. The zero-order chi connectivity index (χ0) is 22.5. The highest BCUT2D eigenvalue weighted by Gasteiger charge is 2.43. The van der Waals surface area contributed by atoms with Crippen LogP contribution in [0, 0.1) is 5.41 Å². The van der Waals surface area contributed by atoms with Crippen LogP contribution in [0.3, 0.4) is 0 Å². The molecule has 3 rings (SSSR count). The van der Waals surface area contributed by atoms with E-state index in [1.165, 1.54) is 18.2 Å². The normalized spacial score (nSPS) is 19.2. The van der Waals surface area contributed by atoms with Crippen molar-refractivity contribution in [1.82, 2.24) is 5.32 Å². The quantitative estimate of drug-likeness (QED) is 0.641. The third-order valence-electron chi connectivity index (χ3n) is 5.86. The Labute approximate surface area is 190 Å². The van der Waals surface area contributed by atoms with Crippen LogP contribution in [0.1, 0.15) is 43.9 Å². The Hall–Kier alpha value is -2.27. The van der Waals surface area contributed by atoms with Crippen molar-refractivity contribution < 1.29 is 14.3 Å². The topological polar surface area (TPSA) is 55.4 Å². The molecule has 166 valence electrons. The number of hydrogen-bond acceptors (Lipinski definition) is 4. The maximum Gasteiger partial charge on any atom is 0.328 e. The first-order valence-corrected chi connectivity index (χ1v) is 11.8. The van der Waals surface area contributed by atoms with Crippen LogP contribution in [0.2, 0.25) is 0 Å². The molecule has 1 unspecified atom stereocenters. The number of carbonyl (C=O) groups is 2. The van der Waals surface area contributed by atoms with E-state index in [2.05, 4.69) is 44.3 Å². The molecule has 2 atom stereocenters. The van der Waals surface area contributed by atoms with Gasteiger partial charge in [-0.15, -0.1) is 0 Å². The molecule has 0 saturated heterocycles. The lowest BCUT2D eigenvalue weighted by atomic mass is 9.72. The molecule has 2 aromatic rings. The summed E-state index contributed by atoms with van der Waals surface area (Å²) >= 11 is 1.81. The second kappa shape index (κ2) is 9.90. The molecule has 1 amide bonds. The van der Waals surface area contributed by atoms with Crippen molar-refractivity contribution in [2.24, 2.45) is 5.41 Å². The number of esters is 1. The van der Waals surface area contributed by atoms with Crippen LogP contribution >= 0.6 is 11.8 Å². The van der Waals surface area contributed by atoms with Gasteiger partial charge in [0, 0.05) is 16.9 Å². The fourth-order valence-electron chi connectivity index (χ4n) is 4.03. The summed E-state index contributed by atoms with van der Waals surface area (Å²) in [6, 6.07) is 17.4. The molecule has 1 aliphatic rings. The van der Waals surface area contributed by atoms with Crippen molar-refractivity contribution in [2.45, 2.75) is 57.2 Å². The molecular formula is C26H33NO3S. The number of hydrogen-bond donors (Lipinski definition) is 1. The van der Waals surface area contributed by atoms with Gasteiger partial charge in [-0.05, 0) is 36.0 Å². The van der Waals surface area contributed by atoms with Gasteiger partial charge in [-0.3, -0.25) is 4.79 Å². The minimum Gasteiger partial charge on any atom is -0.467 e. The number of fused-ring (bicyclic) bond motifs is 1. The minimum absolute atomic E-state index is 0.0508. The van der Waals surface area contributed by atoms with Crippen molar-refractivity contribution in [3.05, 3.63) is 71.3 Å². The Morgan fingerprint density at radius 1 is 1.06 bits per heavy atom. The highest BCUT2D eigenvalue weighted by atomic mass is 32.2. The number of aryl methyl sites for hydroxylation is 1. The fraction of sp³-hybridized carbons (Fsp3) is 0.462. The van der Waals surface area contributed by atoms with Gasteiger partial charge in [0.05, 0.1) is 12.5 Å². The van der Waals surface area contributed by atoms with Crippen LogP contribution in [0.25, 0.3) is 0 Å². The number of thioether (sulfide) groups is 1. The van der Waals surface area contributed by atoms with E-state index in [4.69, 9.17) is 4.74 Å². The standard InChI is InChI=1S/C26H33NO3S/c1-25(2,3)31-18-26(15-14-20-12-8-9-13-21(20)17-26)24(29)27-22(23(28)30-4)16-19-10-6-5-7-11-19/h5-13,22H,14-18H2,1-4H3,(H,27,29)/t22-,26?/m0/s1. The average molecular weight is 440 g/mol. The second-order valence-corrected chi connectivity index (χ2v) is 11.2. The van der Waals surface area contributed by atoms with Gasteiger partial charge in [-0.2, -0.15) is 11.8 Å². The lowest BCUT2D eigenvalue weighted by Gasteiger charge is -2.39. The molecule has 0 saturated carbocycles. The van der Waals surface area contributed by atoms with Gasteiger partial charge >= 0.3 is 5.97 Å². The minimum atomic E-state index is -0.700. The Bertz CT molecular complexity index is 906. The Balaban J connectivity index is 1.85. The monoisotopic (exact) mass is 439 g/mol. The van der Waals surface area contributed by atoms with E-state index in [1.54, 1.807) is 0 Å². The van der Waals surface area contributed by atoms with Crippen LogP contribution in [0.15, 0.2) is 54.6 Å². The number of nitrogens with one attached hydrogen (secondary N) is 1. The van der Waals surface area contributed by atoms with Crippen LogP contribution < -0.4 is 5.32 Å². The smallest absolute Gasteiger partial charge is 0.328 e. The zero-order valence-electron chi connectivity index (χ0n) is 18.9. The predicted octanol–water partition coefficient (Wildman–Crippen LogP) is 4.59. The lowest BCUT2D eigenvalue weighted by Crippen LogP contribution is -2.53. The third-order valence-corrected chi connectivity index (χ3v) is 7.42. The Morgan fingerprint density at radius 2 is 1.71 bits per heavy atom. The fourth-order valence-corrected chi connectivity index (χ4v) is 5.12. The molecule has 0 aliphatic heterocycles. The van der Waals surface area contributed by atoms with Gasteiger partial charge in [0.2, 0.25) is 5.91 Å². The maximum atomic E-state index is 13.7. The number of rotatable bonds is 7. The number of amides is 1. The van der Waals surface area contributed by atoms with E-state index in [0.717, 1.165) is 24.2 Å². The van der Waals surface area contributed by atoms with E-state index in [0.29, 0.717) is 12.8 Å². The Morgan fingerprint density at radius 3 is 2.35 bits per heavy atom. The lowest BCUT2D eigenvalue weighted by molar-refractivity contribution is -0.146. The highest BCUT2D eigenvalue weighted by molar-refractivity contribution is 8.00. The van der Waals surface area contributed by atoms with Crippen molar-refractivity contribution in [3.8, 4) is 0 Å². The number of benzene rings is 2. The molecule has 4 nitrogen and oxygen atoms in total. The third kappa shape index (κ3) is 6.13. The highest BCUT2D eigenvalue weighted by Crippen LogP contribution is 2.41. The molecule has 2 aromatic carbocycles. The first kappa shape index (κ1) is 23.4. The van der Waals surface area contributed by atoms with Crippen LogP contribution in [0.4, 0.5) is 0 Å². The predicted molar refractivity (Wildman–Crippen MR) is 127 cm³/mol. The molecule has 31 heavy (non-hydrogen) atoms. The van der Waals surface area contributed by atoms with E-state index in [9.17, 15) is 9.59 Å². The van der Waals surface area contributed by atoms with Crippen molar-refractivity contribution in [3.63, 3.8) is 0 Å². The number of carbonyl (C=O) groups excluding carboxylic acids is 2. The summed E-state index contributed by atoms with van der Waals surface area (Å²) in [6.07, 6.45) is 2.75. The molecule has 0 fully saturated rings. The summed E-state index contributed by atoms with van der Waals surface area (Å²) in [7, 11) is 1.37. The molecule has 0 aromatic heterocycles. The molecule has 0 heterocycles. The number of ether oxygens (including phenoxy) is 1. The van der Waals surface area contributed by atoms with Crippen LogP contribution in [0.5, 0.6) is 0 Å². The van der Waals surface area contributed by atoms with Gasteiger partial charge in [-0.1, -0.05) is 75.4 Å². The van der Waals surface area contributed by atoms with E-state index < -0.39 is 17.4 Å². The molecule has 1 N–H and O–H groups in total. The van der Waals surface area contributed by atoms with Crippen LogP contribution in [-0.2, 0) is 33.6 Å². The van der Waals surface area contributed by atoms with Crippen molar-refractivity contribution in [1.29, 1.82) is 0 Å². The number of methoxy groups -OCH3 is 1. The summed E-state index contributed by atoms with van der Waals surface area (Å²) < 4.78 is 5.07. The van der Waals surface area contributed by atoms with Gasteiger partial charge in [0.25, 0.3) is 0 Å². The second-order valence-electron chi connectivity index (χ2n) is 9.37. The van der Waals surface area contributed by atoms with E-state index in [-0.39, 0.29) is 10.7 Å². The zero-order valence-corrected chi connectivity index (χ0v) is 19.8. The van der Waals surface area contributed by atoms with Crippen LogP contribution in [-0.4, -0.2) is 35.5 Å². The van der Waals surface area contributed by atoms with E-state index in [1.807, 2.05) is 48.2 Å². The molecule has 0 spiro atoms. The molecule has 0 bridgehead atoms. The summed E-state index contributed by atoms with van der Waals surface area (Å²) in [4.78, 5) is 26.2. The van der Waals surface area contributed by atoms with Gasteiger partial charge in [0.15, 0.2) is 0 Å². The summed E-state index contributed by atoms with van der Waals surface area (Å²) in [5.74, 6) is 0.257. The van der Waals surface area contributed by atoms with Gasteiger partial charge < -0.3 is 10.1 Å². The van der Waals surface area contributed by atoms with Gasteiger partial charge in [-0.25, -0.2) is 4.79 Å². The van der Waals surface area contributed by atoms with Crippen molar-refractivity contribution >= 4 is 23.6 Å². The van der Waals surface area contributed by atoms with Gasteiger partial charge in [0.1, 0.15) is 6.04 Å². The average Bonchev–Trinajstić information content (AvgIpc) is 2.76. The summed E-state index contributed by atoms with van der Waals surface area (Å²) in [5, 5.41) is 3.07. The van der Waals surface area contributed by atoms with E-state index >= 15 is 0 Å². The maximum absolute atomic E-state index is 13.7. The largest absolute Gasteiger partial charge is 0.467 e. The van der Waals surface area contributed by atoms with Crippen molar-refractivity contribution in [2.75, 3.05) is 12.9 Å². The SMILES string of the molecule is COC(=O)[C@H](Cc1ccccc1)NC(=O)C1(CSC(C)(C)C)CCc2ccccc2C1. The Kier molecular flexibility index (Phi) is 7.47. The molecule has 5 heteroatoms. The first-order valence-electron chi connectivity index (χ1n) is 10.9. The summed E-state index contributed by atoms with van der Waals surface area (Å²) in [5.41, 5.74) is 3.00. The summed E-state index contributed by atoms with van der Waals surface area (Å²) in [6.45, 7) is 6.52.